The van der Waals surface area contributed by atoms with Crippen molar-refractivity contribution in [2.45, 2.75) is 6.92 Å². The minimum absolute atomic E-state index is 0.105. The number of benzene rings is 1. The minimum Gasteiger partial charge on any atom is -0.337 e. The summed E-state index contributed by atoms with van der Waals surface area (Å²) in [5.74, 6) is -0.967. The Labute approximate surface area is 179 Å². The molecule has 2 aromatic rings. The van der Waals surface area contributed by atoms with E-state index in [9.17, 15) is 18.0 Å². The van der Waals surface area contributed by atoms with Crippen molar-refractivity contribution in [2.75, 3.05) is 41.1 Å². The smallest absolute Gasteiger partial charge is 0.255 e. The highest BCUT2D eigenvalue weighted by Crippen LogP contribution is 2.32. The maximum atomic E-state index is 12.9. The van der Waals surface area contributed by atoms with Gasteiger partial charge in [0.15, 0.2) is 0 Å². The molecule has 30 heavy (non-hydrogen) atoms. The van der Waals surface area contributed by atoms with Crippen LogP contribution in [0.1, 0.15) is 17.3 Å². The molecule has 11 heteroatoms. The van der Waals surface area contributed by atoms with Crippen molar-refractivity contribution in [3.63, 3.8) is 0 Å². The number of hydrogen-bond acceptors (Lipinski definition) is 7. The Morgan fingerprint density at radius 2 is 1.80 bits per heavy atom. The second-order valence-electron chi connectivity index (χ2n) is 7.27. The molecule has 2 aliphatic heterocycles. The Bertz CT molecular complexity index is 1090. The van der Waals surface area contributed by atoms with E-state index in [1.54, 1.807) is 30.3 Å². The van der Waals surface area contributed by atoms with Gasteiger partial charge >= 0.3 is 0 Å². The van der Waals surface area contributed by atoms with E-state index in [1.807, 2.05) is 4.90 Å². The average Bonchev–Trinajstić information content (AvgIpc) is 2.94. The fraction of sp³-hybridized carbons (Fsp3) is 0.368. The first kappa shape index (κ1) is 20.5. The number of amides is 2. The molecular formula is C19H20ClN5O4S. The van der Waals surface area contributed by atoms with E-state index < -0.39 is 21.8 Å². The Hall–Kier alpha value is -2.72. The molecule has 2 fully saturated rings. The van der Waals surface area contributed by atoms with Crippen LogP contribution in [-0.4, -0.2) is 67.0 Å². The third-order valence-electron chi connectivity index (χ3n) is 5.18. The van der Waals surface area contributed by atoms with Crippen LogP contribution in [0.4, 0.5) is 11.6 Å². The molecule has 0 saturated carbocycles. The molecule has 0 N–H and O–H groups in total. The monoisotopic (exact) mass is 449 g/mol. The van der Waals surface area contributed by atoms with Gasteiger partial charge in [-0.3, -0.25) is 9.59 Å². The number of rotatable bonds is 3. The molecule has 9 nitrogen and oxygen atoms in total. The first-order valence-corrected chi connectivity index (χ1v) is 11.4. The van der Waals surface area contributed by atoms with Crippen molar-refractivity contribution >= 4 is 45.1 Å². The summed E-state index contributed by atoms with van der Waals surface area (Å²) < 4.78 is 25.3. The molecule has 2 saturated heterocycles. The van der Waals surface area contributed by atoms with Crippen LogP contribution in [0, 0.1) is 5.92 Å². The number of carbonyl (C=O) groups is 2. The van der Waals surface area contributed by atoms with Gasteiger partial charge in [0.25, 0.3) is 5.91 Å². The summed E-state index contributed by atoms with van der Waals surface area (Å²) in [7, 11) is -3.73. The lowest BCUT2D eigenvalue weighted by Crippen LogP contribution is -2.49. The quantitative estimate of drug-likeness (QED) is 0.697. The van der Waals surface area contributed by atoms with Crippen molar-refractivity contribution in [1.82, 2.24) is 14.9 Å². The zero-order chi connectivity index (χ0) is 21.5. The number of aromatic nitrogens is 2. The lowest BCUT2D eigenvalue weighted by atomic mass is 10.1. The zero-order valence-corrected chi connectivity index (χ0v) is 17.8. The van der Waals surface area contributed by atoms with E-state index >= 15 is 0 Å². The van der Waals surface area contributed by atoms with Crippen LogP contribution in [0.15, 0.2) is 36.7 Å². The Morgan fingerprint density at radius 3 is 2.37 bits per heavy atom. The van der Waals surface area contributed by atoms with Crippen LogP contribution in [0.5, 0.6) is 0 Å². The summed E-state index contributed by atoms with van der Waals surface area (Å²) in [5, 5.41) is 0.105. The Kier molecular flexibility index (Phi) is 5.37. The Morgan fingerprint density at radius 1 is 1.13 bits per heavy atom. The number of carbonyl (C=O) groups excluding carboxylic acids is 2. The van der Waals surface area contributed by atoms with Gasteiger partial charge in [0.2, 0.25) is 21.9 Å². The maximum Gasteiger partial charge on any atom is 0.255 e. The molecule has 1 aromatic carbocycles. The second kappa shape index (κ2) is 7.84. The zero-order valence-electron chi connectivity index (χ0n) is 16.2. The number of halogens is 1. The standard InChI is InChI=1S/C19H20ClN5O4S/c1-13-12-30(28,29)25(17(13)26)14-3-4-15(16(20)11-14)18(27)23-7-9-24(10-8-23)19-21-5-2-6-22-19/h2-6,11,13H,7-10,12H2,1H3/t13-/m1/s1. The van der Waals surface area contributed by atoms with Crippen LogP contribution in [0.2, 0.25) is 5.02 Å². The third-order valence-corrected chi connectivity index (χ3v) is 7.36. The fourth-order valence-electron chi connectivity index (χ4n) is 3.63. The highest BCUT2D eigenvalue weighted by Gasteiger charge is 2.42. The lowest BCUT2D eigenvalue weighted by Gasteiger charge is -2.34. The molecule has 2 aliphatic rings. The number of piperazine rings is 1. The number of anilines is 2. The molecule has 1 aromatic heterocycles. The summed E-state index contributed by atoms with van der Waals surface area (Å²) in [6.07, 6.45) is 3.35. The van der Waals surface area contributed by atoms with Gasteiger partial charge in [-0.2, -0.15) is 0 Å². The largest absolute Gasteiger partial charge is 0.337 e. The van der Waals surface area contributed by atoms with Gasteiger partial charge in [0.1, 0.15) is 0 Å². The maximum absolute atomic E-state index is 12.9. The van der Waals surface area contributed by atoms with E-state index in [0.29, 0.717) is 32.1 Å². The molecule has 2 amide bonds. The first-order chi connectivity index (χ1) is 14.3. The molecule has 0 unspecified atom stereocenters. The molecule has 0 radical (unpaired) electrons. The second-order valence-corrected chi connectivity index (χ2v) is 9.54. The molecule has 3 heterocycles. The molecule has 4 rings (SSSR count). The van der Waals surface area contributed by atoms with Crippen molar-refractivity contribution in [2.24, 2.45) is 5.92 Å². The van der Waals surface area contributed by atoms with Crippen molar-refractivity contribution < 1.29 is 18.0 Å². The number of sulfonamides is 1. The summed E-state index contributed by atoms with van der Waals surface area (Å²) in [4.78, 5) is 37.3. The van der Waals surface area contributed by atoms with E-state index in [4.69, 9.17) is 11.6 Å². The number of hydrogen-bond donors (Lipinski definition) is 0. The van der Waals surface area contributed by atoms with Crippen LogP contribution in [-0.2, 0) is 14.8 Å². The van der Waals surface area contributed by atoms with Crippen molar-refractivity contribution in [3.05, 3.63) is 47.2 Å². The highest BCUT2D eigenvalue weighted by atomic mass is 35.5. The van der Waals surface area contributed by atoms with Gasteiger partial charge in [-0.05, 0) is 24.3 Å². The molecule has 158 valence electrons. The van der Waals surface area contributed by atoms with Crippen LogP contribution in [0.3, 0.4) is 0 Å². The summed E-state index contributed by atoms with van der Waals surface area (Å²) in [6.45, 7) is 3.70. The van der Waals surface area contributed by atoms with Crippen LogP contribution < -0.4 is 9.21 Å². The molecule has 0 bridgehead atoms. The Balaban J connectivity index is 1.49. The first-order valence-electron chi connectivity index (χ1n) is 9.45. The van der Waals surface area contributed by atoms with Gasteiger partial charge in [-0.1, -0.05) is 18.5 Å². The number of nitrogens with zero attached hydrogens (tertiary/aromatic N) is 5. The van der Waals surface area contributed by atoms with Crippen LogP contribution >= 0.6 is 11.6 Å². The minimum atomic E-state index is -3.73. The van der Waals surface area contributed by atoms with E-state index in [0.717, 1.165) is 4.31 Å². The summed E-state index contributed by atoms with van der Waals surface area (Å²) >= 11 is 6.31. The normalized spacial score (nSPS) is 21.2. The summed E-state index contributed by atoms with van der Waals surface area (Å²) in [5.41, 5.74) is 0.416. The predicted octanol–water partition coefficient (Wildman–Crippen LogP) is 1.40. The molecular weight excluding hydrogens is 430 g/mol. The van der Waals surface area contributed by atoms with E-state index in [2.05, 4.69) is 9.97 Å². The van der Waals surface area contributed by atoms with Crippen LogP contribution in [0.25, 0.3) is 0 Å². The van der Waals surface area contributed by atoms with Gasteiger partial charge in [0.05, 0.1) is 27.9 Å². The fourth-order valence-corrected chi connectivity index (χ4v) is 5.69. The van der Waals surface area contributed by atoms with E-state index in [1.165, 1.54) is 18.2 Å². The van der Waals surface area contributed by atoms with Gasteiger partial charge in [-0.15, -0.1) is 0 Å². The predicted molar refractivity (Wildman–Crippen MR) is 112 cm³/mol. The van der Waals surface area contributed by atoms with Gasteiger partial charge in [-0.25, -0.2) is 22.7 Å². The third kappa shape index (κ3) is 3.72. The van der Waals surface area contributed by atoms with Crippen molar-refractivity contribution in [3.8, 4) is 0 Å². The SMILES string of the molecule is C[C@@H]1CS(=O)(=O)N(c2ccc(C(=O)N3CCN(c4ncccn4)CC3)c(Cl)c2)C1=O. The summed E-state index contributed by atoms with van der Waals surface area (Å²) in [6, 6.07) is 6.02. The lowest BCUT2D eigenvalue weighted by molar-refractivity contribution is -0.119. The van der Waals surface area contributed by atoms with Crippen molar-refractivity contribution in [1.29, 1.82) is 0 Å². The molecule has 1 atom stereocenters. The van der Waals surface area contributed by atoms with Gasteiger partial charge in [0, 0.05) is 38.6 Å². The molecule has 0 aliphatic carbocycles. The topological polar surface area (TPSA) is 104 Å². The molecule has 0 spiro atoms. The van der Waals surface area contributed by atoms with E-state index in [-0.39, 0.29) is 27.9 Å². The van der Waals surface area contributed by atoms with Gasteiger partial charge < -0.3 is 9.80 Å². The highest BCUT2D eigenvalue weighted by molar-refractivity contribution is 7.94. The average molecular weight is 450 g/mol.